The van der Waals surface area contributed by atoms with Gasteiger partial charge in [-0.15, -0.1) is 0 Å². The molecule has 0 aliphatic rings. The molecule has 0 aromatic carbocycles. The molecule has 0 N–H and O–H groups in total. The van der Waals surface area contributed by atoms with Crippen molar-refractivity contribution in [3.8, 4) is 0 Å². The average Bonchev–Trinajstić information content (AvgIpc) is 2.29. The molecule has 0 aliphatic heterocycles. The quantitative estimate of drug-likeness (QED) is 0.753. The van der Waals surface area contributed by atoms with Gasteiger partial charge in [-0.3, -0.25) is 0 Å². The van der Waals surface area contributed by atoms with Crippen LogP contribution in [0.2, 0.25) is 0 Å². The van der Waals surface area contributed by atoms with Gasteiger partial charge in [0.2, 0.25) is 0 Å². The largest absolute Gasteiger partial charge is 0.448 e. The molecule has 0 aliphatic carbocycles. The minimum atomic E-state index is -3.03. The van der Waals surface area contributed by atoms with Gasteiger partial charge in [0.15, 0.2) is 15.7 Å². The molecule has 0 unspecified atom stereocenters. The Hall–Kier alpha value is -0.840. The maximum absolute atomic E-state index is 11.0. The molecule has 0 radical (unpaired) electrons. The van der Waals surface area contributed by atoms with Crippen LogP contribution in [0.1, 0.15) is 32.4 Å². The highest BCUT2D eigenvalue weighted by molar-refractivity contribution is 7.89. The first-order valence-electron chi connectivity index (χ1n) is 4.31. The Morgan fingerprint density at radius 2 is 2.00 bits per heavy atom. The van der Waals surface area contributed by atoms with Crippen molar-refractivity contribution in [1.82, 2.24) is 4.98 Å². The van der Waals surface area contributed by atoms with Gasteiger partial charge in [0.05, 0.1) is 11.4 Å². The van der Waals surface area contributed by atoms with E-state index in [1.165, 1.54) is 12.5 Å². The standard InChI is InChI=1S/C9H15NO3S/c1-9(2,3)8-10-7(5-13-8)6-14(4,11)12/h5H,6H2,1-4H3. The molecule has 5 heteroatoms. The van der Waals surface area contributed by atoms with Crippen molar-refractivity contribution in [2.75, 3.05) is 6.26 Å². The number of sulfone groups is 1. The van der Waals surface area contributed by atoms with Crippen LogP contribution in [0.3, 0.4) is 0 Å². The number of hydrogen-bond donors (Lipinski definition) is 0. The summed E-state index contributed by atoms with van der Waals surface area (Å²) in [6, 6.07) is 0. The monoisotopic (exact) mass is 217 g/mol. The summed E-state index contributed by atoms with van der Waals surface area (Å²) in [6.07, 6.45) is 2.58. The molecule has 0 amide bonds. The highest BCUT2D eigenvalue weighted by Gasteiger charge is 2.21. The molecule has 0 saturated carbocycles. The summed E-state index contributed by atoms with van der Waals surface area (Å²) >= 11 is 0. The zero-order chi connectivity index (χ0) is 11.0. The SMILES string of the molecule is CC(C)(C)c1nc(CS(C)(=O)=O)co1. The van der Waals surface area contributed by atoms with Gasteiger partial charge in [0.1, 0.15) is 6.26 Å². The van der Waals surface area contributed by atoms with Crippen LogP contribution in [0.5, 0.6) is 0 Å². The maximum Gasteiger partial charge on any atom is 0.199 e. The van der Waals surface area contributed by atoms with Crippen LogP contribution in [0.4, 0.5) is 0 Å². The second-order valence-electron chi connectivity index (χ2n) is 4.46. The summed E-state index contributed by atoms with van der Waals surface area (Å²) in [4.78, 5) is 4.12. The molecular formula is C9H15NO3S. The number of nitrogens with zero attached hydrogens (tertiary/aromatic N) is 1. The van der Waals surface area contributed by atoms with Crippen LogP contribution < -0.4 is 0 Å². The van der Waals surface area contributed by atoms with E-state index in [-0.39, 0.29) is 11.2 Å². The van der Waals surface area contributed by atoms with Crippen LogP contribution >= 0.6 is 0 Å². The average molecular weight is 217 g/mol. The normalized spacial score (nSPS) is 13.1. The van der Waals surface area contributed by atoms with Gasteiger partial charge in [-0.05, 0) is 0 Å². The molecule has 0 fully saturated rings. The van der Waals surface area contributed by atoms with Gasteiger partial charge >= 0.3 is 0 Å². The molecule has 0 bridgehead atoms. The van der Waals surface area contributed by atoms with Crippen molar-refractivity contribution >= 4 is 9.84 Å². The third-order valence-corrected chi connectivity index (χ3v) is 2.42. The Kier molecular flexibility index (Phi) is 2.71. The lowest BCUT2D eigenvalue weighted by Crippen LogP contribution is -2.12. The summed E-state index contributed by atoms with van der Waals surface area (Å²) in [6.45, 7) is 5.88. The Morgan fingerprint density at radius 1 is 1.43 bits per heavy atom. The summed E-state index contributed by atoms with van der Waals surface area (Å²) in [7, 11) is -3.03. The first kappa shape index (κ1) is 11.2. The van der Waals surface area contributed by atoms with E-state index >= 15 is 0 Å². The summed E-state index contributed by atoms with van der Waals surface area (Å²) < 4.78 is 27.2. The van der Waals surface area contributed by atoms with Crippen molar-refractivity contribution in [1.29, 1.82) is 0 Å². The van der Waals surface area contributed by atoms with Gasteiger partial charge < -0.3 is 4.42 Å². The predicted molar refractivity (Wildman–Crippen MR) is 53.8 cm³/mol. The number of aromatic nitrogens is 1. The molecule has 0 atom stereocenters. The molecule has 1 aromatic rings. The molecule has 0 saturated heterocycles. The lowest BCUT2D eigenvalue weighted by molar-refractivity contribution is 0.392. The second-order valence-corrected chi connectivity index (χ2v) is 6.60. The lowest BCUT2D eigenvalue weighted by atomic mass is 9.97. The molecule has 0 spiro atoms. The maximum atomic E-state index is 11.0. The lowest BCUT2D eigenvalue weighted by Gasteiger charge is -2.11. The Bertz CT molecular complexity index is 412. The van der Waals surface area contributed by atoms with E-state index < -0.39 is 9.84 Å². The minimum absolute atomic E-state index is 0.0629. The first-order valence-corrected chi connectivity index (χ1v) is 6.37. The van der Waals surface area contributed by atoms with Crippen molar-refractivity contribution in [2.45, 2.75) is 31.9 Å². The first-order chi connectivity index (χ1) is 6.18. The van der Waals surface area contributed by atoms with Crippen molar-refractivity contribution in [3.63, 3.8) is 0 Å². The van der Waals surface area contributed by atoms with Crippen molar-refractivity contribution in [3.05, 3.63) is 17.8 Å². The van der Waals surface area contributed by atoms with E-state index in [0.717, 1.165) is 0 Å². The summed E-state index contributed by atoms with van der Waals surface area (Å²) in [5.74, 6) is 0.503. The smallest absolute Gasteiger partial charge is 0.199 e. The number of oxazole rings is 1. The van der Waals surface area contributed by atoms with Crippen LogP contribution in [0.25, 0.3) is 0 Å². The third-order valence-electron chi connectivity index (χ3n) is 1.60. The van der Waals surface area contributed by atoms with Gasteiger partial charge in [0, 0.05) is 11.7 Å². The third kappa shape index (κ3) is 3.14. The molecule has 1 rings (SSSR count). The van der Waals surface area contributed by atoms with Gasteiger partial charge in [-0.25, -0.2) is 13.4 Å². The van der Waals surface area contributed by atoms with Crippen molar-refractivity contribution < 1.29 is 12.8 Å². The zero-order valence-electron chi connectivity index (χ0n) is 8.86. The second kappa shape index (κ2) is 3.38. The topological polar surface area (TPSA) is 60.2 Å². The molecule has 80 valence electrons. The molecule has 1 heterocycles. The fourth-order valence-electron chi connectivity index (χ4n) is 0.986. The highest BCUT2D eigenvalue weighted by atomic mass is 32.2. The Balaban J connectivity index is 2.90. The molecular weight excluding hydrogens is 202 g/mol. The van der Waals surface area contributed by atoms with E-state index in [1.807, 2.05) is 20.8 Å². The van der Waals surface area contributed by atoms with E-state index in [4.69, 9.17) is 4.42 Å². The van der Waals surface area contributed by atoms with E-state index in [1.54, 1.807) is 0 Å². The fourth-order valence-corrected chi connectivity index (χ4v) is 1.66. The number of hydrogen-bond acceptors (Lipinski definition) is 4. The van der Waals surface area contributed by atoms with E-state index in [2.05, 4.69) is 4.98 Å². The zero-order valence-corrected chi connectivity index (χ0v) is 9.68. The predicted octanol–water partition coefficient (Wildman–Crippen LogP) is 1.52. The number of rotatable bonds is 2. The van der Waals surface area contributed by atoms with Crippen LogP contribution in [-0.4, -0.2) is 19.7 Å². The molecule has 4 nitrogen and oxygen atoms in total. The van der Waals surface area contributed by atoms with Gasteiger partial charge in [0.25, 0.3) is 0 Å². The Morgan fingerprint density at radius 3 is 2.36 bits per heavy atom. The summed E-state index contributed by atoms with van der Waals surface area (Å²) in [5, 5.41) is 0. The van der Waals surface area contributed by atoms with Gasteiger partial charge in [-0.1, -0.05) is 20.8 Å². The fraction of sp³-hybridized carbons (Fsp3) is 0.667. The Labute approximate surface area is 84.3 Å². The minimum Gasteiger partial charge on any atom is -0.448 e. The highest BCUT2D eigenvalue weighted by Crippen LogP contribution is 2.21. The van der Waals surface area contributed by atoms with Crippen molar-refractivity contribution in [2.24, 2.45) is 0 Å². The molecule has 1 aromatic heterocycles. The van der Waals surface area contributed by atoms with E-state index in [9.17, 15) is 8.42 Å². The van der Waals surface area contributed by atoms with E-state index in [0.29, 0.717) is 11.6 Å². The molecule has 14 heavy (non-hydrogen) atoms. The van der Waals surface area contributed by atoms with Crippen LogP contribution in [0, 0.1) is 0 Å². The summed E-state index contributed by atoms with van der Waals surface area (Å²) in [5.41, 5.74) is 0.285. The van der Waals surface area contributed by atoms with Crippen LogP contribution in [0.15, 0.2) is 10.7 Å². The van der Waals surface area contributed by atoms with Gasteiger partial charge in [-0.2, -0.15) is 0 Å². The van der Waals surface area contributed by atoms with Crippen LogP contribution in [-0.2, 0) is 21.0 Å².